The number of aromatic nitrogens is 3. The molecule has 0 radical (unpaired) electrons. The highest BCUT2D eigenvalue weighted by Gasteiger charge is 2.34. The zero-order chi connectivity index (χ0) is 24.4. The van der Waals surface area contributed by atoms with E-state index in [2.05, 4.69) is 10.6 Å². The van der Waals surface area contributed by atoms with Gasteiger partial charge < -0.3 is 15.4 Å². The van der Waals surface area contributed by atoms with E-state index in [1.54, 1.807) is 10.7 Å². The highest BCUT2D eigenvalue weighted by Crippen LogP contribution is 2.38. The molecule has 1 aliphatic rings. The van der Waals surface area contributed by atoms with Gasteiger partial charge in [-0.25, -0.2) is 4.68 Å². The molecule has 1 aliphatic heterocycles. The zero-order valence-corrected chi connectivity index (χ0v) is 20.1. The van der Waals surface area contributed by atoms with E-state index < -0.39 is 6.04 Å². The lowest BCUT2D eigenvalue weighted by Crippen LogP contribution is -2.31. The molecule has 35 heavy (non-hydrogen) atoms. The summed E-state index contributed by atoms with van der Waals surface area (Å²) in [5.41, 5.74) is 3.55. The summed E-state index contributed by atoms with van der Waals surface area (Å²) in [6, 6.07) is 24.0. The van der Waals surface area contributed by atoms with Gasteiger partial charge in [0.25, 0.3) is 5.91 Å². The minimum Gasteiger partial charge on any atom is -0.494 e. The fraction of sp³-hybridized carbons (Fsp3) is 0.148. The number of allylic oxidation sites excluding steroid dienone is 1. The summed E-state index contributed by atoms with van der Waals surface area (Å²) in [6.45, 7) is 4.39. The van der Waals surface area contributed by atoms with Crippen molar-refractivity contribution in [2.24, 2.45) is 0 Å². The highest BCUT2D eigenvalue weighted by molar-refractivity contribution is 6.33. The Balaban J connectivity index is 1.60. The molecular weight excluding hydrogens is 462 g/mol. The second kappa shape index (κ2) is 9.64. The predicted molar refractivity (Wildman–Crippen MR) is 138 cm³/mol. The van der Waals surface area contributed by atoms with Crippen LogP contribution in [0.3, 0.4) is 0 Å². The number of carbonyl (C=O) groups is 1. The Morgan fingerprint density at radius 1 is 1.06 bits per heavy atom. The van der Waals surface area contributed by atoms with E-state index in [-0.39, 0.29) is 5.91 Å². The van der Waals surface area contributed by atoms with Crippen LogP contribution in [0.2, 0.25) is 5.02 Å². The number of halogens is 1. The van der Waals surface area contributed by atoms with Crippen molar-refractivity contribution in [2.45, 2.75) is 19.9 Å². The largest absolute Gasteiger partial charge is 0.494 e. The number of amides is 1. The van der Waals surface area contributed by atoms with Crippen LogP contribution in [0.1, 0.15) is 25.5 Å². The smallest absolute Gasteiger partial charge is 0.255 e. The normalized spacial score (nSPS) is 14.8. The lowest BCUT2D eigenvalue weighted by Gasteiger charge is -2.28. The van der Waals surface area contributed by atoms with Crippen LogP contribution in [-0.4, -0.2) is 27.3 Å². The van der Waals surface area contributed by atoms with Crippen molar-refractivity contribution in [1.82, 2.24) is 14.8 Å². The van der Waals surface area contributed by atoms with Gasteiger partial charge in [0.15, 0.2) is 5.82 Å². The second-order valence-corrected chi connectivity index (χ2v) is 8.48. The van der Waals surface area contributed by atoms with E-state index in [4.69, 9.17) is 26.4 Å². The van der Waals surface area contributed by atoms with Gasteiger partial charge >= 0.3 is 0 Å². The van der Waals surface area contributed by atoms with Gasteiger partial charge in [-0.15, -0.1) is 5.10 Å². The van der Waals surface area contributed by atoms with E-state index in [0.29, 0.717) is 40.4 Å². The average Bonchev–Trinajstić information content (AvgIpc) is 3.28. The molecule has 0 saturated carbocycles. The van der Waals surface area contributed by atoms with Crippen LogP contribution in [0.5, 0.6) is 5.75 Å². The van der Waals surface area contributed by atoms with Gasteiger partial charge in [-0.3, -0.25) is 4.79 Å². The van der Waals surface area contributed by atoms with Crippen LogP contribution >= 0.6 is 11.6 Å². The van der Waals surface area contributed by atoms with E-state index in [0.717, 1.165) is 16.9 Å². The number of hydrogen-bond acceptors (Lipinski definition) is 5. The summed E-state index contributed by atoms with van der Waals surface area (Å²) in [7, 11) is 0. The number of rotatable bonds is 6. The number of carbonyl (C=O) groups excluding carboxylic acids is 1. The van der Waals surface area contributed by atoms with Crippen LogP contribution < -0.4 is 15.4 Å². The molecule has 2 heterocycles. The number of fused-ring (bicyclic) bond motifs is 1. The van der Waals surface area contributed by atoms with E-state index in [1.165, 1.54) is 0 Å². The highest BCUT2D eigenvalue weighted by atomic mass is 35.5. The van der Waals surface area contributed by atoms with Gasteiger partial charge in [-0.1, -0.05) is 54.1 Å². The molecule has 0 saturated heterocycles. The monoisotopic (exact) mass is 485 g/mol. The third-order valence-corrected chi connectivity index (χ3v) is 6.08. The molecule has 7 nitrogen and oxygen atoms in total. The molecule has 0 bridgehead atoms. The first-order chi connectivity index (χ1) is 17.0. The Morgan fingerprint density at radius 3 is 2.49 bits per heavy atom. The lowest BCUT2D eigenvalue weighted by atomic mass is 9.95. The van der Waals surface area contributed by atoms with Crippen molar-refractivity contribution in [1.29, 1.82) is 0 Å². The molecular formula is C27H24ClN5O2. The molecule has 176 valence electrons. The fourth-order valence-corrected chi connectivity index (χ4v) is 4.36. The first-order valence-corrected chi connectivity index (χ1v) is 11.7. The lowest BCUT2D eigenvalue weighted by molar-refractivity contribution is -0.113. The molecule has 0 fully saturated rings. The number of para-hydroxylation sites is 1. The van der Waals surface area contributed by atoms with Crippen LogP contribution in [-0.2, 0) is 4.79 Å². The summed E-state index contributed by atoms with van der Waals surface area (Å²) in [6.07, 6.45) is 0. The minimum atomic E-state index is -0.505. The van der Waals surface area contributed by atoms with E-state index in [9.17, 15) is 4.79 Å². The quantitative estimate of drug-likeness (QED) is 0.354. The van der Waals surface area contributed by atoms with Crippen molar-refractivity contribution in [3.63, 3.8) is 0 Å². The molecule has 1 aromatic heterocycles. The van der Waals surface area contributed by atoms with Crippen molar-refractivity contribution in [2.75, 3.05) is 17.2 Å². The first-order valence-electron chi connectivity index (χ1n) is 11.3. The summed E-state index contributed by atoms with van der Waals surface area (Å²) >= 11 is 6.42. The topological polar surface area (TPSA) is 81.1 Å². The van der Waals surface area contributed by atoms with Crippen molar-refractivity contribution >= 4 is 29.1 Å². The Bertz CT molecular complexity index is 1400. The van der Waals surface area contributed by atoms with Crippen molar-refractivity contribution < 1.29 is 9.53 Å². The van der Waals surface area contributed by atoms with Gasteiger partial charge in [0.2, 0.25) is 5.95 Å². The van der Waals surface area contributed by atoms with Gasteiger partial charge in [0, 0.05) is 16.9 Å². The van der Waals surface area contributed by atoms with Crippen LogP contribution in [0.4, 0.5) is 11.6 Å². The molecule has 1 atom stereocenters. The van der Waals surface area contributed by atoms with E-state index in [1.807, 2.05) is 86.6 Å². The SMILES string of the molecule is CCOc1ccc(C2C(C(=O)Nc3ccccc3)=C(C)Nc3nc(-c4ccccc4Cl)nn32)cc1. The summed E-state index contributed by atoms with van der Waals surface area (Å²) in [5, 5.41) is 11.6. The minimum absolute atomic E-state index is 0.222. The van der Waals surface area contributed by atoms with Gasteiger partial charge in [-0.2, -0.15) is 4.98 Å². The number of ether oxygens (including phenoxy) is 1. The number of nitrogens with one attached hydrogen (secondary N) is 2. The Morgan fingerprint density at radius 2 is 1.77 bits per heavy atom. The molecule has 3 aromatic carbocycles. The molecule has 1 amide bonds. The standard InChI is InChI=1S/C27H24ClN5O2/c1-3-35-20-15-13-18(14-16-20)24-23(26(34)30-19-9-5-4-6-10-19)17(2)29-27-31-25(32-33(24)27)21-11-7-8-12-22(21)28/h4-16,24H,3H2,1-2H3,(H,30,34)(H,29,31,32). The molecule has 0 aliphatic carbocycles. The van der Waals surface area contributed by atoms with Crippen molar-refractivity contribution in [3.05, 3.63) is 101 Å². The second-order valence-electron chi connectivity index (χ2n) is 8.07. The zero-order valence-electron chi connectivity index (χ0n) is 19.3. The maximum atomic E-state index is 13.6. The van der Waals surface area contributed by atoms with Crippen LogP contribution in [0, 0.1) is 0 Å². The third kappa shape index (κ3) is 4.50. The number of nitrogens with zero attached hydrogens (tertiary/aromatic N) is 3. The number of anilines is 2. The van der Waals surface area contributed by atoms with Gasteiger partial charge in [-0.05, 0) is 55.8 Å². The fourth-order valence-electron chi connectivity index (χ4n) is 4.14. The molecule has 4 aromatic rings. The summed E-state index contributed by atoms with van der Waals surface area (Å²) < 4.78 is 7.35. The summed E-state index contributed by atoms with van der Waals surface area (Å²) in [5.74, 6) is 1.55. The van der Waals surface area contributed by atoms with E-state index >= 15 is 0 Å². The number of benzene rings is 3. The van der Waals surface area contributed by atoms with Crippen LogP contribution in [0.15, 0.2) is 90.1 Å². The Hall–Kier alpha value is -4.10. The predicted octanol–water partition coefficient (Wildman–Crippen LogP) is 5.92. The maximum absolute atomic E-state index is 13.6. The first kappa shape index (κ1) is 22.7. The Labute approximate surface area is 208 Å². The molecule has 0 spiro atoms. The van der Waals surface area contributed by atoms with Crippen molar-refractivity contribution in [3.8, 4) is 17.1 Å². The number of hydrogen-bond donors (Lipinski definition) is 2. The van der Waals surface area contributed by atoms with Gasteiger partial charge in [0.1, 0.15) is 11.8 Å². The maximum Gasteiger partial charge on any atom is 0.255 e. The average molecular weight is 486 g/mol. The molecule has 2 N–H and O–H groups in total. The molecule has 8 heteroatoms. The van der Waals surface area contributed by atoms with Crippen LogP contribution in [0.25, 0.3) is 11.4 Å². The van der Waals surface area contributed by atoms with Gasteiger partial charge in [0.05, 0.1) is 17.2 Å². The Kier molecular flexibility index (Phi) is 6.25. The summed E-state index contributed by atoms with van der Waals surface area (Å²) in [4.78, 5) is 18.3. The third-order valence-electron chi connectivity index (χ3n) is 5.75. The molecule has 1 unspecified atom stereocenters. The molecule has 5 rings (SSSR count).